The minimum atomic E-state index is -0.539. The van der Waals surface area contributed by atoms with Crippen LogP contribution in [0.1, 0.15) is 29.7 Å². The molecule has 5 heteroatoms. The van der Waals surface area contributed by atoms with Gasteiger partial charge in [0.25, 0.3) is 0 Å². The van der Waals surface area contributed by atoms with Gasteiger partial charge in [0, 0.05) is 6.04 Å². The van der Waals surface area contributed by atoms with Gasteiger partial charge in [0.1, 0.15) is 12.4 Å². The highest BCUT2D eigenvalue weighted by molar-refractivity contribution is 5.84. The Morgan fingerprint density at radius 1 is 0.967 bits per heavy atom. The minimum absolute atomic E-state index is 0.0315. The van der Waals surface area contributed by atoms with E-state index in [1.807, 2.05) is 86.6 Å². The Kier molecular flexibility index (Phi) is 7.08. The van der Waals surface area contributed by atoms with Gasteiger partial charge in [-0.05, 0) is 66.7 Å². The Hall–Kier alpha value is -2.89. The van der Waals surface area contributed by atoms with E-state index in [-0.39, 0.29) is 18.4 Å². The van der Waals surface area contributed by atoms with Crippen molar-refractivity contribution in [2.24, 2.45) is 0 Å². The number of fused-ring (bicyclic) bond motifs is 1. The molecule has 1 N–H and O–H groups in total. The number of esters is 1. The maximum absolute atomic E-state index is 11.3. The molecule has 0 aliphatic rings. The van der Waals surface area contributed by atoms with Gasteiger partial charge in [-0.1, -0.05) is 42.5 Å². The molecule has 0 aliphatic heterocycles. The second kappa shape index (κ2) is 9.74. The van der Waals surface area contributed by atoms with Gasteiger partial charge in [0.2, 0.25) is 0 Å². The molecule has 30 heavy (non-hydrogen) atoms. The number of aliphatic hydroxyl groups excluding tert-OH is 1. The number of benzene rings is 3. The van der Waals surface area contributed by atoms with Gasteiger partial charge < -0.3 is 19.5 Å². The van der Waals surface area contributed by atoms with E-state index in [9.17, 15) is 9.90 Å². The van der Waals surface area contributed by atoms with E-state index in [0.29, 0.717) is 6.61 Å². The fourth-order valence-corrected chi connectivity index (χ4v) is 3.24. The maximum atomic E-state index is 11.3. The molecular weight excluding hydrogens is 378 g/mol. The standard InChI is InChI=1S/C25H29NO4/c1-17(26(2)3)25(28)22-10-9-21-15-23(12-11-20(21)14-22)30-16-19-7-5-18(6-8-19)13-24(27)29-4/h5-12,14-15,17,25,28H,13,16H2,1-4H3. The fourth-order valence-electron chi connectivity index (χ4n) is 3.24. The average molecular weight is 408 g/mol. The Labute approximate surface area is 177 Å². The zero-order valence-corrected chi connectivity index (χ0v) is 18.0. The van der Waals surface area contributed by atoms with E-state index in [1.54, 1.807) is 0 Å². The van der Waals surface area contributed by atoms with Crippen LogP contribution in [0.5, 0.6) is 5.75 Å². The van der Waals surface area contributed by atoms with Crippen LogP contribution in [0.3, 0.4) is 0 Å². The molecule has 3 rings (SSSR count). The molecule has 0 radical (unpaired) electrons. The summed E-state index contributed by atoms with van der Waals surface area (Å²) in [6.45, 7) is 2.45. The highest BCUT2D eigenvalue weighted by atomic mass is 16.5. The number of carbonyl (C=O) groups is 1. The predicted molar refractivity (Wildman–Crippen MR) is 119 cm³/mol. The van der Waals surface area contributed by atoms with Gasteiger partial charge in [-0.25, -0.2) is 0 Å². The Morgan fingerprint density at radius 2 is 1.60 bits per heavy atom. The minimum Gasteiger partial charge on any atom is -0.489 e. The van der Waals surface area contributed by atoms with Gasteiger partial charge in [0.05, 0.1) is 19.6 Å². The average Bonchev–Trinajstić information content (AvgIpc) is 2.76. The molecule has 2 unspecified atom stereocenters. The van der Waals surface area contributed by atoms with Crippen molar-refractivity contribution < 1.29 is 19.4 Å². The van der Waals surface area contributed by atoms with Crippen LogP contribution in [0.2, 0.25) is 0 Å². The summed E-state index contributed by atoms with van der Waals surface area (Å²) in [6, 6.07) is 19.8. The monoisotopic (exact) mass is 407 g/mol. The number of nitrogens with zero attached hydrogens (tertiary/aromatic N) is 1. The summed E-state index contributed by atoms with van der Waals surface area (Å²) >= 11 is 0. The van der Waals surface area contributed by atoms with Crippen molar-refractivity contribution >= 4 is 16.7 Å². The Morgan fingerprint density at radius 3 is 2.27 bits per heavy atom. The number of hydrogen-bond acceptors (Lipinski definition) is 5. The van der Waals surface area contributed by atoms with Crippen LogP contribution < -0.4 is 4.74 Å². The van der Waals surface area contributed by atoms with Crippen LogP contribution in [-0.2, 0) is 22.6 Å². The zero-order chi connectivity index (χ0) is 21.7. The third-order valence-electron chi connectivity index (χ3n) is 5.45. The Bertz CT molecular complexity index is 998. The van der Waals surface area contributed by atoms with Crippen molar-refractivity contribution in [1.82, 2.24) is 4.90 Å². The summed E-state index contributed by atoms with van der Waals surface area (Å²) in [4.78, 5) is 13.4. The summed E-state index contributed by atoms with van der Waals surface area (Å²) in [5.74, 6) is 0.540. The molecule has 0 aliphatic carbocycles. The van der Waals surface area contributed by atoms with E-state index in [0.717, 1.165) is 33.2 Å². The van der Waals surface area contributed by atoms with E-state index in [2.05, 4.69) is 4.74 Å². The van der Waals surface area contributed by atoms with Crippen molar-refractivity contribution in [3.63, 3.8) is 0 Å². The highest BCUT2D eigenvalue weighted by Gasteiger charge is 2.18. The third-order valence-corrected chi connectivity index (χ3v) is 5.45. The number of methoxy groups -OCH3 is 1. The van der Waals surface area contributed by atoms with E-state index >= 15 is 0 Å². The molecule has 3 aromatic carbocycles. The van der Waals surface area contributed by atoms with Crippen LogP contribution in [0, 0.1) is 0 Å². The van der Waals surface area contributed by atoms with Crippen LogP contribution in [0.15, 0.2) is 60.7 Å². The van der Waals surface area contributed by atoms with Crippen molar-refractivity contribution in [3.8, 4) is 5.75 Å². The van der Waals surface area contributed by atoms with E-state index in [4.69, 9.17) is 4.74 Å². The fraction of sp³-hybridized carbons (Fsp3) is 0.320. The lowest BCUT2D eigenvalue weighted by atomic mass is 9.99. The molecule has 0 spiro atoms. The largest absolute Gasteiger partial charge is 0.489 e. The smallest absolute Gasteiger partial charge is 0.309 e. The molecule has 0 amide bonds. The summed E-state index contributed by atoms with van der Waals surface area (Å²) in [7, 11) is 5.32. The van der Waals surface area contributed by atoms with Crippen molar-refractivity contribution in [1.29, 1.82) is 0 Å². The summed E-state index contributed by atoms with van der Waals surface area (Å²) < 4.78 is 10.6. The summed E-state index contributed by atoms with van der Waals surface area (Å²) in [5.41, 5.74) is 2.85. The second-order valence-electron chi connectivity index (χ2n) is 7.78. The van der Waals surface area contributed by atoms with Crippen LogP contribution in [0.25, 0.3) is 10.8 Å². The molecule has 0 heterocycles. The first kappa shape index (κ1) is 21.8. The zero-order valence-electron chi connectivity index (χ0n) is 18.0. The van der Waals surface area contributed by atoms with E-state index < -0.39 is 6.10 Å². The predicted octanol–water partition coefficient (Wildman–Crippen LogP) is 4.12. The lowest BCUT2D eigenvalue weighted by molar-refractivity contribution is -0.139. The lowest BCUT2D eigenvalue weighted by Gasteiger charge is -2.25. The number of rotatable bonds is 8. The molecule has 0 bridgehead atoms. The van der Waals surface area contributed by atoms with Crippen molar-refractivity contribution in [2.45, 2.75) is 32.1 Å². The summed E-state index contributed by atoms with van der Waals surface area (Å²) in [5, 5.41) is 12.7. The molecular formula is C25H29NO4. The normalized spacial score (nSPS) is 13.3. The van der Waals surface area contributed by atoms with Gasteiger partial charge in [-0.3, -0.25) is 4.79 Å². The molecule has 0 aromatic heterocycles. The number of carbonyl (C=O) groups excluding carboxylic acids is 1. The maximum Gasteiger partial charge on any atom is 0.309 e. The van der Waals surface area contributed by atoms with Gasteiger partial charge in [0.15, 0.2) is 0 Å². The first-order valence-electron chi connectivity index (χ1n) is 10.0. The van der Waals surface area contributed by atoms with Gasteiger partial charge >= 0.3 is 5.97 Å². The molecule has 3 aromatic rings. The molecule has 0 saturated carbocycles. The first-order valence-corrected chi connectivity index (χ1v) is 10.0. The SMILES string of the molecule is COC(=O)Cc1ccc(COc2ccc3cc(C(O)C(C)N(C)C)ccc3c2)cc1. The molecule has 5 nitrogen and oxygen atoms in total. The molecule has 0 fully saturated rings. The van der Waals surface area contributed by atoms with Crippen LogP contribution >= 0.6 is 0 Å². The van der Waals surface area contributed by atoms with Crippen molar-refractivity contribution in [2.75, 3.05) is 21.2 Å². The Balaban J connectivity index is 1.66. The number of hydrogen-bond donors (Lipinski definition) is 1. The number of likely N-dealkylation sites (N-methyl/N-ethyl adjacent to an activating group) is 1. The van der Waals surface area contributed by atoms with Crippen molar-refractivity contribution in [3.05, 3.63) is 77.4 Å². The second-order valence-corrected chi connectivity index (χ2v) is 7.78. The number of ether oxygens (including phenoxy) is 2. The molecule has 2 atom stereocenters. The molecule has 0 saturated heterocycles. The van der Waals surface area contributed by atoms with E-state index in [1.165, 1.54) is 7.11 Å². The highest BCUT2D eigenvalue weighted by Crippen LogP contribution is 2.27. The first-order chi connectivity index (χ1) is 14.4. The van der Waals surface area contributed by atoms with Crippen LogP contribution in [-0.4, -0.2) is 43.2 Å². The number of aliphatic hydroxyl groups is 1. The third kappa shape index (κ3) is 5.38. The topological polar surface area (TPSA) is 59.0 Å². The van der Waals surface area contributed by atoms with Crippen LogP contribution in [0.4, 0.5) is 0 Å². The van der Waals surface area contributed by atoms with Gasteiger partial charge in [-0.2, -0.15) is 0 Å². The summed E-state index contributed by atoms with van der Waals surface area (Å²) in [6.07, 6.45) is -0.269. The quantitative estimate of drug-likeness (QED) is 0.569. The molecule has 158 valence electrons. The van der Waals surface area contributed by atoms with Gasteiger partial charge in [-0.15, -0.1) is 0 Å². The lowest BCUT2D eigenvalue weighted by Crippen LogP contribution is -2.30.